The van der Waals surface area contributed by atoms with Crippen molar-refractivity contribution in [2.24, 2.45) is 11.5 Å². The summed E-state index contributed by atoms with van der Waals surface area (Å²) >= 11 is 11.7. The first-order valence-corrected chi connectivity index (χ1v) is 4.79. The van der Waals surface area contributed by atoms with E-state index in [1.165, 1.54) is 0 Å². The first-order valence-electron chi connectivity index (χ1n) is 4.04. The molecule has 4 heteroatoms. The highest BCUT2D eigenvalue weighted by atomic mass is 35.5. The Bertz CT molecular complexity index is 285. The van der Waals surface area contributed by atoms with Crippen LogP contribution >= 0.6 is 23.2 Å². The van der Waals surface area contributed by atoms with Gasteiger partial charge in [-0.1, -0.05) is 29.3 Å². The minimum Gasteiger partial charge on any atom is -0.330 e. The van der Waals surface area contributed by atoms with Gasteiger partial charge in [0.15, 0.2) is 0 Å². The van der Waals surface area contributed by atoms with Crippen LogP contribution in [0.15, 0.2) is 18.2 Å². The Hall–Kier alpha value is -0.280. The van der Waals surface area contributed by atoms with Crippen LogP contribution in [0.4, 0.5) is 0 Å². The maximum atomic E-state index is 5.99. The van der Waals surface area contributed by atoms with E-state index < -0.39 is 0 Å². The van der Waals surface area contributed by atoms with Gasteiger partial charge in [-0.3, -0.25) is 0 Å². The number of hydrogen-bond donors (Lipinski definition) is 2. The fraction of sp³-hybridized carbons (Fsp3) is 0.333. The van der Waals surface area contributed by atoms with E-state index in [4.69, 9.17) is 34.7 Å². The van der Waals surface area contributed by atoms with Crippen molar-refractivity contribution in [3.63, 3.8) is 0 Å². The summed E-state index contributed by atoms with van der Waals surface area (Å²) in [4.78, 5) is 0. The maximum absolute atomic E-state index is 5.99. The van der Waals surface area contributed by atoms with E-state index in [1.807, 2.05) is 6.07 Å². The smallest absolute Gasteiger partial charge is 0.0456 e. The standard InChI is InChI=1S/C9H12Cl2N2/c10-7-1-2-8(9(11)3-7)6(4-12)5-13/h1-3,6H,4-5,12-13H2. The van der Waals surface area contributed by atoms with Gasteiger partial charge in [-0.2, -0.15) is 0 Å². The number of benzene rings is 1. The summed E-state index contributed by atoms with van der Waals surface area (Å²) in [5.74, 6) is 0.116. The Morgan fingerprint density at radius 3 is 2.23 bits per heavy atom. The average Bonchev–Trinajstić information content (AvgIpc) is 2.10. The Morgan fingerprint density at radius 1 is 1.15 bits per heavy atom. The molecule has 0 unspecified atom stereocenters. The third-order valence-electron chi connectivity index (χ3n) is 1.97. The third kappa shape index (κ3) is 2.58. The lowest BCUT2D eigenvalue weighted by molar-refractivity contribution is 0.709. The van der Waals surface area contributed by atoms with Crippen molar-refractivity contribution >= 4 is 23.2 Å². The Kier molecular flexibility index (Phi) is 4.00. The fourth-order valence-corrected chi connectivity index (χ4v) is 1.75. The lowest BCUT2D eigenvalue weighted by Gasteiger charge is -2.14. The zero-order valence-corrected chi connectivity index (χ0v) is 8.65. The van der Waals surface area contributed by atoms with Gasteiger partial charge in [0.25, 0.3) is 0 Å². The minimum atomic E-state index is 0.116. The van der Waals surface area contributed by atoms with E-state index in [0.29, 0.717) is 23.1 Å². The van der Waals surface area contributed by atoms with E-state index in [2.05, 4.69) is 0 Å². The highest BCUT2D eigenvalue weighted by Crippen LogP contribution is 2.26. The second kappa shape index (κ2) is 4.82. The van der Waals surface area contributed by atoms with E-state index in [-0.39, 0.29) is 5.92 Å². The highest BCUT2D eigenvalue weighted by molar-refractivity contribution is 6.35. The van der Waals surface area contributed by atoms with Crippen LogP contribution in [0, 0.1) is 0 Å². The van der Waals surface area contributed by atoms with Crippen molar-refractivity contribution in [2.75, 3.05) is 13.1 Å². The van der Waals surface area contributed by atoms with Crippen LogP contribution in [0.3, 0.4) is 0 Å². The number of hydrogen-bond acceptors (Lipinski definition) is 2. The van der Waals surface area contributed by atoms with Crippen LogP contribution in [0.1, 0.15) is 11.5 Å². The molecule has 0 amide bonds. The Balaban J connectivity index is 2.99. The fourth-order valence-electron chi connectivity index (χ4n) is 1.18. The van der Waals surface area contributed by atoms with Gasteiger partial charge < -0.3 is 11.5 Å². The molecule has 0 atom stereocenters. The highest BCUT2D eigenvalue weighted by Gasteiger charge is 2.11. The van der Waals surface area contributed by atoms with Gasteiger partial charge in [0.1, 0.15) is 0 Å². The SMILES string of the molecule is NCC(CN)c1ccc(Cl)cc1Cl. The van der Waals surface area contributed by atoms with Crippen molar-refractivity contribution in [1.29, 1.82) is 0 Å². The molecule has 0 aliphatic carbocycles. The van der Waals surface area contributed by atoms with Crippen molar-refractivity contribution in [1.82, 2.24) is 0 Å². The normalized spacial score (nSPS) is 10.8. The zero-order valence-electron chi connectivity index (χ0n) is 7.13. The van der Waals surface area contributed by atoms with Crippen LogP contribution in [-0.4, -0.2) is 13.1 Å². The molecule has 0 heterocycles. The van der Waals surface area contributed by atoms with E-state index >= 15 is 0 Å². The summed E-state index contributed by atoms with van der Waals surface area (Å²) in [5.41, 5.74) is 12.1. The molecule has 1 aromatic carbocycles. The molecule has 0 aromatic heterocycles. The lowest BCUT2D eigenvalue weighted by atomic mass is 10.00. The van der Waals surface area contributed by atoms with Gasteiger partial charge in [0.2, 0.25) is 0 Å². The molecule has 0 fully saturated rings. The molecule has 0 aliphatic heterocycles. The quantitative estimate of drug-likeness (QED) is 0.816. The van der Waals surface area contributed by atoms with Crippen molar-refractivity contribution in [3.8, 4) is 0 Å². The summed E-state index contributed by atoms with van der Waals surface area (Å²) in [7, 11) is 0. The monoisotopic (exact) mass is 218 g/mol. The van der Waals surface area contributed by atoms with Crippen molar-refractivity contribution in [2.45, 2.75) is 5.92 Å². The van der Waals surface area contributed by atoms with E-state index in [9.17, 15) is 0 Å². The first-order chi connectivity index (χ1) is 6.19. The summed E-state index contributed by atoms with van der Waals surface area (Å²) in [6.07, 6.45) is 0. The summed E-state index contributed by atoms with van der Waals surface area (Å²) in [5, 5.41) is 1.26. The van der Waals surface area contributed by atoms with Gasteiger partial charge in [0, 0.05) is 29.1 Å². The molecule has 4 N–H and O–H groups in total. The average molecular weight is 219 g/mol. The predicted octanol–water partition coefficient (Wildman–Crippen LogP) is 1.99. The Morgan fingerprint density at radius 2 is 1.77 bits per heavy atom. The topological polar surface area (TPSA) is 52.0 Å². The Labute approximate surface area is 87.8 Å². The summed E-state index contributed by atoms with van der Waals surface area (Å²) in [6, 6.07) is 5.37. The minimum absolute atomic E-state index is 0.116. The molecule has 0 aliphatic rings. The van der Waals surface area contributed by atoms with Gasteiger partial charge in [-0.25, -0.2) is 0 Å². The number of halogens is 2. The molecule has 2 nitrogen and oxygen atoms in total. The summed E-state index contributed by atoms with van der Waals surface area (Å²) < 4.78 is 0. The van der Waals surface area contributed by atoms with Gasteiger partial charge >= 0.3 is 0 Å². The second-order valence-electron chi connectivity index (χ2n) is 2.83. The van der Waals surface area contributed by atoms with Crippen LogP contribution in [0.25, 0.3) is 0 Å². The van der Waals surface area contributed by atoms with Crippen LogP contribution in [0.5, 0.6) is 0 Å². The molecule has 0 radical (unpaired) electrons. The van der Waals surface area contributed by atoms with Crippen LogP contribution in [-0.2, 0) is 0 Å². The molecular weight excluding hydrogens is 207 g/mol. The molecule has 0 saturated heterocycles. The molecule has 1 rings (SSSR count). The maximum Gasteiger partial charge on any atom is 0.0456 e. The lowest BCUT2D eigenvalue weighted by Crippen LogP contribution is -2.21. The van der Waals surface area contributed by atoms with Crippen LogP contribution in [0.2, 0.25) is 10.0 Å². The van der Waals surface area contributed by atoms with Gasteiger partial charge in [-0.05, 0) is 17.7 Å². The van der Waals surface area contributed by atoms with Crippen LogP contribution < -0.4 is 11.5 Å². The number of nitrogens with two attached hydrogens (primary N) is 2. The predicted molar refractivity (Wildman–Crippen MR) is 57.3 cm³/mol. The molecular formula is C9H12Cl2N2. The van der Waals surface area contributed by atoms with E-state index in [0.717, 1.165) is 5.56 Å². The molecule has 0 saturated carbocycles. The van der Waals surface area contributed by atoms with E-state index in [1.54, 1.807) is 12.1 Å². The van der Waals surface area contributed by atoms with Gasteiger partial charge in [-0.15, -0.1) is 0 Å². The summed E-state index contributed by atoms with van der Waals surface area (Å²) in [6.45, 7) is 0.996. The van der Waals surface area contributed by atoms with Crippen molar-refractivity contribution < 1.29 is 0 Å². The molecule has 72 valence electrons. The third-order valence-corrected chi connectivity index (χ3v) is 2.53. The van der Waals surface area contributed by atoms with Gasteiger partial charge in [0.05, 0.1) is 0 Å². The number of rotatable bonds is 3. The molecule has 1 aromatic rings. The second-order valence-corrected chi connectivity index (χ2v) is 3.68. The molecule has 13 heavy (non-hydrogen) atoms. The molecule has 0 spiro atoms. The largest absolute Gasteiger partial charge is 0.330 e. The first kappa shape index (κ1) is 10.8. The molecule has 0 bridgehead atoms. The zero-order chi connectivity index (χ0) is 9.84. The van der Waals surface area contributed by atoms with Crippen molar-refractivity contribution in [3.05, 3.63) is 33.8 Å².